The minimum Gasteiger partial charge on any atom is -0.476 e. The number of hydrogen-bond acceptors (Lipinski definition) is 13. The van der Waals surface area contributed by atoms with Crippen molar-refractivity contribution in [1.29, 1.82) is 0 Å². The molecule has 4 heterocycles. The molecular formula is C18H19N7O8S2. The summed E-state index contributed by atoms with van der Waals surface area (Å²) in [5.41, 5.74) is 4.81. The van der Waals surface area contributed by atoms with E-state index in [4.69, 9.17) is 10.3 Å². The molecule has 0 radical (unpaired) electrons. The lowest BCUT2D eigenvalue weighted by molar-refractivity contribution is -0.143. The van der Waals surface area contributed by atoms with Crippen molar-refractivity contribution in [2.45, 2.75) is 24.8 Å². The van der Waals surface area contributed by atoms with Gasteiger partial charge in [0, 0.05) is 11.9 Å². The average molecular weight is 526 g/mol. The second-order valence-electron chi connectivity index (χ2n) is 7.45. The zero-order valence-corrected chi connectivity index (χ0v) is 20.1. The topological polar surface area (TPSA) is 211 Å². The standard InChI is InChI=1S/C18H19N7O8S2/c1-7-14(8(2)33-22-7)35(30,31)11-5-24-4-9(16(27)25(24)13(11)17(28)29)20-15(26)12(23-32-3)10-6-34-18(19)21-10/h6,9H,4-5H2,1-3H3,(H2,19,21)(H,20,26)(H,28,29)/b23-12+/t9-/m0/s1. The molecule has 1 fully saturated rings. The van der Waals surface area contributed by atoms with E-state index in [9.17, 15) is 27.9 Å². The van der Waals surface area contributed by atoms with Crippen LogP contribution >= 0.6 is 11.3 Å². The number of aromatic nitrogens is 2. The molecule has 2 amide bonds. The lowest BCUT2D eigenvalue weighted by Crippen LogP contribution is -2.46. The summed E-state index contributed by atoms with van der Waals surface area (Å²) in [7, 11) is -3.13. The van der Waals surface area contributed by atoms with Gasteiger partial charge in [-0.3, -0.25) is 9.59 Å². The van der Waals surface area contributed by atoms with Crippen LogP contribution in [0.2, 0.25) is 0 Å². The molecule has 2 aromatic heterocycles. The third-order valence-electron chi connectivity index (χ3n) is 5.22. The number of sulfone groups is 1. The van der Waals surface area contributed by atoms with E-state index >= 15 is 0 Å². The molecule has 0 spiro atoms. The summed E-state index contributed by atoms with van der Waals surface area (Å²) >= 11 is 1.07. The Bertz CT molecular complexity index is 1390. The number of hydrazine groups is 1. The van der Waals surface area contributed by atoms with E-state index in [2.05, 4.69) is 25.5 Å². The maximum absolute atomic E-state index is 13.3. The van der Waals surface area contributed by atoms with Gasteiger partial charge in [-0.1, -0.05) is 10.3 Å². The summed E-state index contributed by atoms with van der Waals surface area (Å²) in [6.45, 7) is 2.19. The number of carbonyl (C=O) groups excluding carboxylic acids is 2. The summed E-state index contributed by atoms with van der Waals surface area (Å²) in [6.07, 6.45) is 0. The first-order valence-corrected chi connectivity index (χ1v) is 12.2. The zero-order chi connectivity index (χ0) is 25.7. The highest BCUT2D eigenvalue weighted by atomic mass is 32.2. The SMILES string of the molecule is CO/N=C(/C(=O)N[C@H]1CN2CC(S(=O)(=O)c3c(C)noc3C)=C(C(=O)O)N2C1=O)c1csc(N)n1. The number of rotatable bonds is 7. The number of hydrogen-bond donors (Lipinski definition) is 3. The number of carboxylic acid groups (broad SMARTS) is 1. The van der Waals surface area contributed by atoms with E-state index in [1.165, 1.54) is 31.3 Å². The third-order valence-corrected chi connectivity index (χ3v) is 7.98. The van der Waals surface area contributed by atoms with Crippen LogP contribution in [0.15, 0.2) is 30.6 Å². The van der Waals surface area contributed by atoms with E-state index in [1.54, 1.807) is 0 Å². The quantitative estimate of drug-likeness (QED) is 0.294. The van der Waals surface area contributed by atoms with E-state index in [1.807, 2.05) is 0 Å². The Morgan fingerprint density at radius 1 is 1.40 bits per heavy atom. The molecule has 1 atom stereocenters. The first-order chi connectivity index (χ1) is 16.5. The molecule has 2 aliphatic rings. The molecule has 0 unspecified atom stereocenters. The first kappa shape index (κ1) is 24.3. The van der Waals surface area contributed by atoms with Crippen molar-refractivity contribution >= 4 is 49.8 Å². The van der Waals surface area contributed by atoms with E-state index in [-0.39, 0.29) is 39.4 Å². The van der Waals surface area contributed by atoms with Crippen LogP contribution in [0.1, 0.15) is 17.1 Å². The number of anilines is 1. The molecule has 0 aromatic carbocycles. The van der Waals surface area contributed by atoms with Crippen LogP contribution < -0.4 is 11.1 Å². The Morgan fingerprint density at radius 2 is 2.11 bits per heavy atom. The number of nitrogen functional groups attached to an aromatic ring is 1. The Kier molecular flexibility index (Phi) is 6.07. The van der Waals surface area contributed by atoms with Crippen LogP contribution in [0.3, 0.4) is 0 Å². The molecule has 0 saturated carbocycles. The van der Waals surface area contributed by atoms with E-state index in [0.29, 0.717) is 0 Å². The molecule has 15 nitrogen and oxygen atoms in total. The second-order valence-corrected chi connectivity index (χ2v) is 10.2. The highest BCUT2D eigenvalue weighted by Crippen LogP contribution is 2.36. The molecule has 2 aliphatic heterocycles. The van der Waals surface area contributed by atoms with Gasteiger partial charge in [0.05, 0.1) is 17.1 Å². The minimum atomic E-state index is -4.35. The number of nitrogens with two attached hydrogens (primary N) is 1. The molecule has 4 N–H and O–H groups in total. The van der Waals surface area contributed by atoms with Crippen molar-refractivity contribution < 1.29 is 37.3 Å². The molecule has 4 rings (SSSR count). The summed E-state index contributed by atoms with van der Waals surface area (Å²) in [5, 5.41) is 23.1. The number of amides is 2. The smallest absolute Gasteiger partial charge is 0.355 e. The van der Waals surface area contributed by atoms with Gasteiger partial charge < -0.3 is 25.5 Å². The van der Waals surface area contributed by atoms with Crippen molar-refractivity contribution in [1.82, 2.24) is 25.5 Å². The summed E-state index contributed by atoms with van der Waals surface area (Å²) in [6, 6.07) is -1.20. The lowest BCUT2D eigenvalue weighted by Gasteiger charge is -2.18. The molecule has 0 bridgehead atoms. The Morgan fingerprint density at radius 3 is 2.66 bits per heavy atom. The summed E-state index contributed by atoms with van der Waals surface area (Å²) in [5.74, 6) is -3.29. The Balaban J connectivity index is 1.63. The van der Waals surface area contributed by atoms with Gasteiger partial charge in [0.25, 0.3) is 11.8 Å². The third kappa shape index (κ3) is 4.02. The summed E-state index contributed by atoms with van der Waals surface area (Å²) in [4.78, 5) is 45.9. The van der Waals surface area contributed by atoms with E-state index < -0.39 is 50.8 Å². The predicted molar refractivity (Wildman–Crippen MR) is 118 cm³/mol. The van der Waals surface area contributed by atoms with Gasteiger partial charge in [-0.25, -0.2) is 28.2 Å². The minimum absolute atomic E-state index is 0.00843. The lowest BCUT2D eigenvalue weighted by atomic mass is 10.2. The van der Waals surface area contributed by atoms with Crippen molar-refractivity contribution in [3.05, 3.63) is 33.1 Å². The number of carbonyl (C=O) groups is 3. The number of oxime groups is 1. The molecule has 35 heavy (non-hydrogen) atoms. The monoisotopic (exact) mass is 525 g/mol. The number of aryl methyl sites for hydroxylation is 2. The van der Waals surface area contributed by atoms with Crippen LogP contribution in [0.4, 0.5) is 5.13 Å². The number of carboxylic acids is 1. The van der Waals surface area contributed by atoms with E-state index in [0.717, 1.165) is 16.3 Å². The highest BCUT2D eigenvalue weighted by Gasteiger charge is 2.51. The van der Waals surface area contributed by atoms with Gasteiger partial charge in [-0.2, -0.15) is 0 Å². The maximum Gasteiger partial charge on any atom is 0.355 e. The van der Waals surface area contributed by atoms with Crippen LogP contribution in [-0.4, -0.2) is 83.4 Å². The molecule has 2 aromatic rings. The second kappa shape index (κ2) is 8.75. The van der Waals surface area contributed by atoms with Crippen LogP contribution in [-0.2, 0) is 29.1 Å². The molecule has 1 saturated heterocycles. The van der Waals surface area contributed by atoms with Crippen LogP contribution in [0.25, 0.3) is 0 Å². The predicted octanol–water partition coefficient (Wildman–Crippen LogP) is -0.992. The zero-order valence-electron chi connectivity index (χ0n) is 18.5. The van der Waals surface area contributed by atoms with Gasteiger partial charge in [0.15, 0.2) is 22.3 Å². The van der Waals surface area contributed by atoms with Crippen molar-refractivity contribution in [2.24, 2.45) is 5.16 Å². The van der Waals surface area contributed by atoms with Crippen molar-refractivity contribution in [2.75, 3.05) is 25.9 Å². The largest absolute Gasteiger partial charge is 0.476 e. The number of thiazole rings is 1. The number of nitrogens with zero attached hydrogens (tertiary/aromatic N) is 5. The molecule has 0 aliphatic carbocycles. The summed E-state index contributed by atoms with van der Waals surface area (Å²) < 4.78 is 31.5. The van der Waals surface area contributed by atoms with Gasteiger partial charge in [0.1, 0.15) is 23.7 Å². The maximum atomic E-state index is 13.3. The fourth-order valence-electron chi connectivity index (χ4n) is 3.83. The van der Waals surface area contributed by atoms with Gasteiger partial charge >= 0.3 is 5.97 Å². The molecule has 186 valence electrons. The van der Waals surface area contributed by atoms with Crippen LogP contribution in [0.5, 0.6) is 0 Å². The Hall–Kier alpha value is -3.83. The fraction of sp³-hybridized carbons (Fsp3) is 0.333. The molecule has 17 heteroatoms. The normalized spacial score (nSPS) is 18.8. The van der Waals surface area contributed by atoms with Crippen molar-refractivity contribution in [3.8, 4) is 0 Å². The number of nitrogens with one attached hydrogen (secondary N) is 1. The Labute approximate surface area is 201 Å². The average Bonchev–Trinajstić information content (AvgIpc) is 3.52. The highest BCUT2D eigenvalue weighted by molar-refractivity contribution is 7.95. The van der Waals surface area contributed by atoms with Gasteiger partial charge in [0.2, 0.25) is 9.84 Å². The number of aliphatic carboxylic acids is 1. The van der Waals surface area contributed by atoms with Crippen LogP contribution in [0, 0.1) is 13.8 Å². The molecular weight excluding hydrogens is 506 g/mol. The first-order valence-electron chi connectivity index (χ1n) is 9.84. The van der Waals surface area contributed by atoms with Gasteiger partial charge in [-0.05, 0) is 13.8 Å². The van der Waals surface area contributed by atoms with Crippen molar-refractivity contribution in [3.63, 3.8) is 0 Å². The number of fused-ring (bicyclic) bond motifs is 1. The van der Waals surface area contributed by atoms with Gasteiger partial charge in [-0.15, -0.1) is 11.3 Å². The fourth-order valence-corrected chi connectivity index (χ4v) is 6.22.